The zero-order chi connectivity index (χ0) is 13.5. The van der Waals surface area contributed by atoms with Crippen molar-refractivity contribution >= 4 is 11.3 Å². The van der Waals surface area contributed by atoms with Crippen molar-refractivity contribution in [1.82, 2.24) is 10.2 Å². The molecule has 0 atom stereocenters. The van der Waals surface area contributed by atoms with Crippen molar-refractivity contribution in [3.05, 3.63) is 57.8 Å². The van der Waals surface area contributed by atoms with Crippen LogP contribution in [-0.2, 0) is 19.6 Å². The molecule has 102 valence electrons. The van der Waals surface area contributed by atoms with Gasteiger partial charge in [-0.05, 0) is 36.2 Å². The third-order valence-electron chi connectivity index (χ3n) is 3.22. The average Bonchev–Trinajstić information content (AvgIpc) is 2.93. The average molecular weight is 274 g/mol. The van der Waals surface area contributed by atoms with Crippen LogP contribution in [0.2, 0.25) is 0 Å². The molecule has 0 aliphatic heterocycles. The molecule has 0 saturated heterocycles. The number of nitrogens with one attached hydrogen (secondary N) is 1. The quantitative estimate of drug-likeness (QED) is 0.831. The second kappa shape index (κ2) is 7.43. The molecule has 0 aliphatic rings. The van der Waals surface area contributed by atoms with E-state index in [1.807, 2.05) is 18.4 Å². The summed E-state index contributed by atoms with van der Waals surface area (Å²) >= 11 is 1.84. The molecule has 0 bridgehead atoms. The minimum atomic E-state index is 0.937. The minimum Gasteiger partial charge on any atom is -0.316 e. The van der Waals surface area contributed by atoms with Crippen LogP contribution in [-0.4, -0.2) is 18.5 Å². The first-order valence-corrected chi connectivity index (χ1v) is 7.67. The normalized spacial score (nSPS) is 11.1. The Kier molecular flexibility index (Phi) is 5.58. The standard InChI is InChI=1S/C16H22N2S/c1-3-18(13-16-5-4-10-19-16)12-15-8-6-14(7-9-15)11-17-2/h4-10,17H,3,11-13H2,1-2H3. The zero-order valence-corrected chi connectivity index (χ0v) is 12.5. The van der Waals surface area contributed by atoms with Gasteiger partial charge < -0.3 is 5.32 Å². The molecule has 1 N–H and O–H groups in total. The van der Waals surface area contributed by atoms with Crippen molar-refractivity contribution in [3.63, 3.8) is 0 Å². The lowest BCUT2D eigenvalue weighted by Gasteiger charge is -2.19. The SMILES string of the molecule is CCN(Cc1ccc(CNC)cc1)Cc1cccs1. The lowest BCUT2D eigenvalue weighted by molar-refractivity contribution is 0.274. The second-order valence-corrected chi connectivity index (χ2v) is 5.76. The summed E-state index contributed by atoms with van der Waals surface area (Å²) in [5.74, 6) is 0. The highest BCUT2D eigenvalue weighted by Crippen LogP contribution is 2.14. The molecule has 19 heavy (non-hydrogen) atoms. The third kappa shape index (κ3) is 4.46. The highest BCUT2D eigenvalue weighted by Gasteiger charge is 2.05. The molecule has 0 amide bonds. The number of nitrogens with zero attached hydrogens (tertiary/aromatic N) is 1. The van der Waals surface area contributed by atoms with Crippen molar-refractivity contribution in [2.75, 3.05) is 13.6 Å². The molecule has 2 rings (SSSR count). The van der Waals surface area contributed by atoms with Gasteiger partial charge in [0, 0.05) is 24.5 Å². The van der Waals surface area contributed by atoms with E-state index in [9.17, 15) is 0 Å². The van der Waals surface area contributed by atoms with Crippen molar-refractivity contribution < 1.29 is 0 Å². The Morgan fingerprint density at radius 3 is 2.37 bits per heavy atom. The van der Waals surface area contributed by atoms with Crippen molar-refractivity contribution in [3.8, 4) is 0 Å². The van der Waals surface area contributed by atoms with Crippen LogP contribution >= 0.6 is 11.3 Å². The molecule has 0 fully saturated rings. The van der Waals surface area contributed by atoms with Crippen LogP contribution in [0.4, 0.5) is 0 Å². The van der Waals surface area contributed by atoms with Crippen LogP contribution in [0.5, 0.6) is 0 Å². The van der Waals surface area contributed by atoms with Crippen LogP contribution in [0.1, 0.15) is 22.9 Å². The number of thiophene rings is 1. The van der Waals surface area contributed by atoms with Crippen molar-refractivity contribution in [2.45, 2.75) is 26.6 Å². The summed E-state index contributed by atoms with van der Waals surface area (Å²) in [6.07, 6.45) is 0. The third-order valence-corrected chi connectivity index (χ3v) is 4.08. The van der Waals surface area contributed by atoms with Gasteiger partial charge in [-0.2, -0.15) is 0 Å². The predicted octanol–water partition coefficient (Wildman–Crippen LogP) is 3.49. The largest absolute Gasteiger partial charge is 0.316 e. The molecule has 0 radical (unpaired) electrons. The molecule has 1 heterocycles. The lowest BCUT2D eigenvalue weighted by Crippen LogP contribution is -2.21. The molecule has 3 heteroatoms. The molecule has 1 aromatic heterocycles. The fourth-order valence-corrected chi connectivity index (χ4v) is 2.87. The van der Waals surface area contributed by atoms with Gasteiger partial charge >= 0.3 is 0 Å². The van der Waals surface area contributed by atoms with E-state index in [1.54, 1.807) is 0 Å². The fraction of sp³-hybridized carbons (Fsp3) is 0.375. The topological polar surface area (TPSA) is 15.3 Å². The molecule has 0 saturated carbocycles. The Bertz CT molecular complexity index is 462. The monoisotopic (exact) mass is 274 g/mol. The van der Waals surface area contributed by atoms with Gasteiger partial charge in [-0.25, -0.2) is 0 Å². The first-order chi connectivity index (χ1) is 9.31. The van der Waals surface area contributed by atoms with Gasteiger partial charge in [0.1, 0.15) is 0 Å². The van der Waals surface area contributed by atoms with Gasteiger partial charge in [-0.3, -0.25) is 4.90 Å². The van der Waals surface area contributed by atoms with Crippen LogP contribution in [0.3, 0.4) is 0 Å². The molecule has 2 aromatic rings. The Morgan fingerprint density at radius 2 is 1.79 bits per heavy atom. The van der Waals surface area contributed by atoms with E-state index < -0.39 is 0 Å². The fourth-order valence-electron chi connectivity index (χ4n) is 2.13. The van der Waals surface area contributed by atoms with Crippen LogP contribution in [0.15, 0.2) is 41.8 Å². The molecular weight excluding hydrogens is 252 g/mol. The van der Waals surface area contributed by atoms with Crippen molar-refractivity contribution in [1.29, 1.82) is 0 Å². The van der Waals surface area contributed by atoms with E-state index in [0.717, 1.165) is 26.2 Å². The summed E-state index contributed by atoms with van der Waals surface area (Å²) in [6.45, 7) is 6.31. The van der Waals surface area contributed by atoms with Gasteiger partial charge in [-0.1, -0.05) is 37.3 Å². The predicted molar refractivity (Wildman–Crippen MR) is 83.3 cm³/mol. The Balaban J connectivity index is 1.94. The smallest absolute Gasteiger partial charge is 0.0331 e. The maximum atomic E-state index is 3.18. The Labute approximate surface area is 120 Å². The molecular formula is C16H22N2S. The molecule has 0 aliphatic carbocycles. The highest BCUT2D eigenvalue weighted by molar-refractivity contribution is 7.09. The maximum Gasteiger partial charge on any atom is 0.0331 e. The number of hydrogen-bond acceptors (Lipinski definition) is 3. The van der Waals surface area contributed by atoms with Crippen LogP contribution in [0, 0.1) is 0 Å². The maximum absolute atomic E-state index is 3.18. The lowest BCUT2D eigenvalue weighted by atomic mass is 10.1. The first-order valence-electron chi connectivity index (χ1n) is 6.79. The summed E-state index contributed by atoms with van der Waals surface area (Å²) in [5, 5.41) is 5.32. The molecule has 1 aromatic carbocycles. The van der Waals surface area contributed by atoms with E-state index in [-0.39, 0.29) is 0 Å². The number of hydrogen-bond donors (Lipinski definition) is 1. The van der Waals surface area contributed by atoms with Gasteiger partial charge in [-0.15, -0.1) is 11.3 Å². The summed E-state index contributed by atoms with van der Waals surface area (Å²) in [7, 11) is 1.98. The van der Waals surface area contributed by atoms with E-state index in [4.69, 9.17) is 0 Å². The molecule has 0 unspecified atom stereocenters. The first kappa shape index (κ1) is 14.3. The minimum absolute atomic E-state index is 0.937. The second-order valence-electron chi connectivity index (χ2n) is 4.73. The summed E-state index contributed by atoms with van der Waals surface area (Å²) < 4.78 is 0. The summed E-state index contributed by atoms with van der Waals surface area (Å²) in [5.41, 5.74) is 2.73. The Morgan fingerprint density at radius 1 is 1.05 bits per heavy atom. The van der Waals surface area contributed by atoms with E-state index in [1.165, 1.54) is 16.0 Å². The van der Waals surface area contributed by atoms with Gasteiger partial charge in [0.2, 0.25) is 0 Å². The van der Waals surface area contributed by atoms with Gasteiger partial charge in [0.25, 0.3) is 0 Å². The summed E-state index contributed by atoms with van der Waals surface area (Å²) in [6, 6.07) is 13.2. The van der Waals surface area contributed by atoms with Gasteiger partial charge in [0.15, 0.2) is 0 Å². The Hall–Kier alpha value is -1.16. The zero-order valence-electron chi connectivity index (χ0n) is 11.7. The summed E-state index contributed by atoms with van der Waals surface area (Å²) in [4.78, 5) is 3.91. The number of rotatable bonds is 7. The molecule has 2 nitrogen and oxygen atoms in total. The van der Waals surface area contributed by atoms with E-state index in [0.29, 0.717) is 0 Å². The molecule has 0 spiro atoms. The highest BCUT2D eigenvalue weighted by atomic mass is 32.1. The van der Waals surface area contributed by atoms with Crippen LogP contribution < -0.4 is 5.32 Å². The van der Waals surface area contributed by atoms with E-state index in [2.05, 4.69) is 58.9 Å². The van der Waals surface area contributed by atoms with E-state index >= 15 is 0 Å². The van der Waals surface area contributed by atoms with Gasteiger partial charge in [0.05, 0.1) is 0 Å². The number of benzene rings is 1. The van der Waals surface area contributed by atoms with Crippen LogP contribution in [0.25, 0.3) is 0 Å². The van der Waals surface area contributed by atoms with Crippen molar-refractivity contribution in [2.24, 2.45) is 0 Å².